The molecule has 1 aliphatic heterocycles. The minimum atomic E-state index is -3.56. The van der Waals surface area contributed by atoms with Gasteiger partial charge >= 0.3 is 0 Å². The number of hydrogen-bond donors (Lipinski definition) is 0. The minimum absolute atomic E-state index is 0.172. The van der Waals surface area contributed by atoms with Gasteiger partial charge in [-0.2, -0.15) is 4.31 Å². The molecule has 1 heterocycles. The Morgan fingerprint density at radius 3 is 1.96 bits per heavy atom. The minimum Gasteiger partial charge on any atom is -0.207 e. The number of aryl methyl sites for hydroxylation is 2. The Labute approximate surface area is 167 Å². The zero-order valence-electron chi connectivity index (χ0n) is 16.0. The predicted molar refractivity (Wildman–Crippen MR) is 113 cm³/mol. The van der Waals surface area contributed by atoms with Crippen LogP contribution in [0.15, 0.2) is 89.8 Å². The Morgan fingerprint density at radius 2 is 1.36 bits per heavy atom. The molecular formula is C24H23NO2S. The van der Waals surface area contributed by atoms with Crippen molar-refractivity contribution in [3.05, 3.63) is 107 Å². The molecule has 1 fully saturated rings. The zero-order chi connectivity index (χ0) is 19.7. The third-order valence-corrected chi connectivity index (χ3v) is 7.00. The summed E-state index contributed by atoms with van der Waals surface area (Å²) in [4.78, 5) is 0.338. The van der Waals surface area contributed by atoms with E-state index in [0.29, 0.717) is 4.90 Å². The third-order valence-electron chi connectivity index (χ3n) is 5.10. The average molecular weight is 390 g/mol. The van der Waals surface area contributed by atoms with Crippen LogP contribution in [0.3, 0.4) is 0 Å². The van der Waals surface area contributed by atoms with E-state index in [1.807, 2.05) is 73.7 Å². The van der Waals surface area contributed by atoms with Crippen molar-refractivity contribution >= 4 is 16.1 Å². The number of nitrogens with zero attached hydrogens (tertiary/aromatic N) is 1. The molecule has 1 aliphatic rings. The lowest BCUT2D eigenvalue weighted by atomic mass is 10.1. The molecule has 142 valence electrons. The van der Waals surface area contributed by atoms with Crippen LogP contribution in [0.25, 0.3) is 6.08 Å². The Balaban J connectivity index is 1.67. The zero-order valence-corrected chi connectivity index (χ0v) is 16.8. The van der Waals surface area contributed by atoms with Crippen molar-refractivity contribution in [1.82, 2.24) is 4.31 Å². The third kappa shape index (κ3) is 3.66. The molecule has 3 aromatic carbocycles. The van der Waals surface area contributed by atoms with Gasteiger partial charge in [0.1, 0.15) is 0 Å². The van der Waals surface area contributed by atoms with Gasteiger partial charge in [-0.05, 0) is 37.1 Å². The van der Waals surface area contributed by atoms with Gasteiger partial charge in [-0.3, -0.25) is 0 Å². The number of hydrogen-bond acceptors (Lipinski definition) is 2. The number of sulfonamides is 1. The van der Waals surface area contributed by atoms with E-state index in [0.717, 1.165) is 16.7 Å². The molecule has 0 spiro atoms. The van der Waals surface area contributed by atoms with Crippen molar-refractivity contribution in [3.63, 3.8) is 0 Å². The molecule has 3 atom stereocenters. The molecule has 0 N–H and O–H groups in total. The van der Waals surface area contributed by atoms with Gasteiger partial charge in [-0.15, -0.1) is 0 Å². The summed E-state index contributed by atoms with van der Waals surface area (Å²) in [7, 11) is -3.56. The second-order valence-electron chi connectivity index (χ2n) is 7.26. The molecule has 4 heteroatoms. The van der Waals surface area contributed by atoms with Crippen LogP contribution in [0.4, 0.5) is 0 Å². The molecule has 4 rings (SSSR count). The SMILES string of the molecule is Cc1ccc(/C=C/C2[C@@H](c3ccccc3)N2S(=O)(=O)c2ccc(C)cc2)cc1. The normalized spacial score (nSPS) is 21.7. The molecule has 0 amide bonds. The van der Waals surface area contributed by atoms with Crippen LogP contribution in [0.1, 0.15) is 28.3 Å². The molecule has 0 radical (unpaired) electrons. The van der Waals surface area contributed by atoms with E-state index in [1.165, 1.54) is 5.56 Å². The van der Waals surface area contributed by atoms with Crippen LogP contribution in [0, 0.1) is 13.8 Å². The fourth-order valence-electron chi connectivity index (χ4n) is 3.44. The maximum Gasteiger partial charge on any atom is 0.244 e. The molecule has 0 bridgehead atoms. The van der Waals surface area contributed by atoms with E-state index >= 15 is 0 Å². The fraction of sp³-hybridized carbons (Fsp3) is 0.167. The lowest BCUT2D eigenvalue weighted by molar-refractivity contribution is 0.550. The van der Waals surface area contributed by atoms with Gasteiger partial charge in [0, 0.05) is 0 Å². The highest BCUT2D eigenvalue weighted by atomic mass is 32.2. The largest absolute Gasteiger partial charge is 0.244 e. The van der Waals surface area contributed by atoms with Crippen LogP contribution in [-0.2, 0) is 10.0 Å². The molecule has 0 aliphatic carbocycles. The van der Waals surface area contributed by atoms with Crippen molar-refractivity contribution in [2.24, 2.45) is 0 Å². The summed E-state index contributed by atoms with van der Waals surface area (Å²) >= 11 is 0. The molecule has 1 saturated heterocycles. The van der Waals surface area contributed by atoms with Gasteiger partial charge in [-0.25, -0.2) is 8.42 Å². The van der Waals surface area contributed by atoms with Gasteiger partial charge in [0.15, 0.2) is 0 Å². The van der Waals surface area contributed by atoms with Gasteiger partial charge < -0.3 is 0 Å². The van der Waals surface area contributed by atoms with Crippen LogP contribution < -0.4 is 0 Å². The predicted octanol–water partition coefficient (Wildman–Crippen LogP) is 5.13. The standard InChI is InChI=1S/C24H23NO2S/c1-18-8-12-20(13-9-18)14-17-23-24(21-6-4-3-5-7-21)25(23)28(26,27)22-15-10-19(2)11-16-22/h3-17,23-24H,1-2H3/b17-14+/t23?,24-,25?/m1/s1. The van der Waals surface area contributed by atoms with E-state index < -0.39 is 10.0 Å². The van der Waals surface area contributed by atoms with Gasteiger partial charge in [0.05, 0.1) is 17.0 Å². The summed E-state index contributed by atoms with van der Waals surface area (Å²) in [5.41, 5.74) is 4.32. The van der Waals surface area contributed by atoms with Crippen molar-refractivity contribution in [3.8, 4) is 0 Å². The Morgan fingerprint density at radius 1 is 0.786 bits per heavy atom. The maximum absolute atomic E-state index is 13.2. The lowest BCUT2D eigenvalue weighted by Gasteiger charge is -2.07. The maximum atomic E-state index is 13.2. The Kier molecular flexibility index (Phi) is 4.92. The summed E-state index contributed by atoms with van der Waals surface area (Å²) in [5.74, 6) is 0. The molecule has 3 aromatic rings. The smallest absolute Gasteiger partial charge is 0.207 e. The van der Waals surface area contributed by atoms with Crippen molar-refractivity contribution in [2.75, 3.05) is 0 Å². The van der Waals surface area contributed by atoms with Crippen molar-refractivity contribution in [1.29, 1.82) is 0 Å². The van der Waals surface area contributed by atoms with E-state index in [1.54, 1.807) is 16.4 Å². The second kappa shape index (κ2) is 7.38. The van der Waals surface area contributed by atoms with E-state index in [4.69, 9.17) is 0 Å². The van der Waals surface area contributed by atoms with Gasteiger partial charge in [-0.1, -0.05) is 90.0 Å². The first-order valence-electron chi connectivity index (χ1n) is 9.37. The van der Waals surface area contributed by atoms with Gasteiger partial charge in [0.25, 0.3) is 0 Å². The number of rotatable bonds is 5. The summed E-state index contributed by atoms with van der Waals surface area (Å²) in [6, 6.07) is 24.7. The number of benzene rings is 3. The quantitative estimate of drug-likeness (QED) is 0.567. The highest BCUT2D eigenvalue weighted by Gasteiger charge is 2.54. The first-order chi connectivity index (χ1) is 13.5. The van der Waals surface area contributed by atoms with Crippen molar-refractivity contribution in [2.45, 2.75) is 30.8 Å². The first kappa shape index (κ1) is 18.7. The summed E-state index contributed by atoms with van der Waals surface area (Å²) < 4.78 is 28.1. The summed E-state index contributed by atoms with van der Waals surface area (Å²) in [6.45, 7) is 4.00. The monoisotopic (exact) mass is 389 g/mol. The second-order valence-corrected chi connectivity index (χ2v) is 9.11. The molecule has 2 unspecified atom stereocenters. The summed E-state index contributed by atoms with van der Waals surface area (Å²) in [5, 5.41) is 0. The van der Waals surface area contributed by atoms with E-state index in [2.05, 4.69) is 19.1 Å². The van der Waals surface area contributed by atoms with E-state index in [-0.39, 0.29) is 12.1 Å². The van der Waals surface area contributed by atoms with Crippen LogP contribution in [0.2, 0.25) is 0 Å². The first-order valence-corrected chi connectivity index (χ1v) is 10.8. The lowest BCUT2D eigenvalue weighted by Crippen LogP contribution is -2.14. The van der Waals surface area contributed by atoms with Crippen LogP contribution >= 0.6 is 0 Å². The van der Waals surface area contributed by atoms with Crippen LogP contribution in [0.5, 0.6) is 0 Å². The summed E-state index contributed by atoms with van der Waals surface area (Å²) in [6.07, 6.45) is 4.00. The Bertz CT molecular complexity index is 1090. The highest BCUT2D eigenvalue weighted by Crippen LogP contribution is 2.48. The molecule has 0 saturated carbocycles. The molecule has 3 nitrogen and oxygen atoms in total. The highest BCUT2D eigenvalue weighted by molar-refractivity contribution is 7.89. The van der Waals surface area contributed by atoms with Gasteiger partial charge in [0.2, 0.25) is 10.0 Å². The molecule has 0 aromatic heterocycles. The van der Waals surface area contributed by atoms with E-state index in [9.17, 15) is 8.42 Å². The van der Waals surface area contributed by atoms with Crippen LogP contribution in [-0.4, -0.2) is 18.8 Å². The Hall–Kier alpha value is -2.69. The van der Waals surface area contributed by atoms with Crippen molar-refractivity contribution < 1.29 is 8.42 Å². The topological polar surface area (TPSA) is 37.1 Å². The molecular weight excluding hydrogens is 366 g/mol. The fourth-order valence-corrected chi connectivity index (χ4v) is 5.16. The average Bonchev–Trinajstić information content (AvgIpc) is 3.44. The molecule has 28 heavy (non-hydrogen) atoms.